The zero-order valence-electron chi connectivity index (χ0n) is 16.0. The summed E-state index contributed by atoms with van der Waals surface area (Å²) in [7, 11) is -3.21. The topological polar surface area (TPSA) is 79.8 Å². The Morgan fingerprint density at radius 2 is 2.00 bits per heavy atom. The van der Waals surface area contributed by atoms with Crippen molar-refractivity contribution in [1.29, 1.82) is 0 Å². The molecular formula is C18H30FN3O3S. The SMILES string of the molecule is CCNC(=NCc1cc(F)ccc1CS(C)(=O)=O)NCCOCC(C)C. The van der Waals surface area contributed by atoms with E-state index >= 15 is 0 Å². The Labute approximate surface area is 156 Å². The predicted molar refractivity (Wildman–Crippen MR) is 103 cm³/mol. The summed E-state index contributed by atoms with van der Waals surface area (Å²) in [6.07, 6.45) is 1.16. The van der Waals surface area contributed by atoms with Gasteiger partial charge in [-0.15, -0.1) is 0 Å². The normalized spacial score (nSPS) is 12.5. The lowest BCUT2D eigenvalue weighted by Crippen LogP contribution is -2.39. The van der Waals surface area contributed by atoms with Crippen molar-refractivity contribution < 1.29 is 17.5 Å². The fourth-order valence-corrected chi connectivity index (χ4v) is 3.08. The molecule has 0 heterocycles. The van der Waals surface area contributed by atoms with Gasteiger partial charge in [0.1, 0.15) is 5.82 Å². The fourth-order valence-electron chi connectivity index (χ4n) is 2.23. The van der Waals surface area contributed by atoms with Crippen molar-refractivity contribution >= 4 is 15.8 Å². The minimum atomic E-state index is -3.21. The monoisotopic (exact) mass is 387 g/mol. The molecule has 1 aromatic carbocycles. The average Bonchev–Trinajstić information content (AvgIpc) is 2.52. The van der Waals surface area contributed by atoms with Crippen molar-refractivity contribution in [2.75, 3.05) is 32.6 Å². The number of halogens is 1. The van der Waals surface area contributed by atoms with Crippen LogP contribution in [0.3, 0.4) is 0 Å². The first-order valence-corrected chi connectivity index (χ1v) is 10.8. The van der Waals surface area contributed by atoms with Gasteiger partial charge in [-0.2, -0.15) is 0 Å². The number of hydrogen-bond donors (Lipinski definition) is 2. The highest BCUT2D eigenvalue weighted by atomic mass is 32.2. The van der Waals surface area contributed by atoms with Crippen LogP contribution in [0, 0.1) is 11.7 Å². The number of ether oxygens (including phenoxy) is 1. The number of hydrogen-bond acceptors (Lipinski definition) is 4. The van der Waals surface area contributed by atoms with Crippen molar-refractivity contribution in [3.05, 3.63) is 35.1 Å². The van der Waals surface area contributed by atoms with Crippen LogP contribution >= 0.6 is 0 Å². The summed E-state index contributed by atoms with van der Waals surface area (Å²) in [5, 5.41) is 6.26. The zero-order chi connectivity index (χ0) is 19.6. The quantitative estimate of drug-likeness (QED) is 0.365. The van der Waals surface area contributed by atoms with Gasteiger partial charge < -0.3 is 15.4 Å². The highest BCUT2D eigenvalue weighted by Gasteiger charge is 2.10. The van der Waals surface area contributed by atoms with Crippen LogP contribution in [0.1, 0.15) is 31.9 Å². The summed E-state index contributed by atoms with van der Waals surface area (Å²) in [6, 6.07) is 4.10. The largest absolute Gasteiger partial charge is 0.379 e. The van der Waals surface area contributed by atoms with Gasteiger partial charge in [0, 0.05) is 26.0 Å². The zero-order valence-corrected chi connectivity index (χ0v) is 16.8. The molecule has 2 N–H and O–H groups in total. The van der Waals surface area contributed by atoms with Crippen molar-refractivity contribution in [2.24, 2.45) is 10.9 Å². The summed E-state index contributed by atoms with van der Waals surface area (Å²) in [5.41, 5.74) is 1.12. The molecule has 0 bridgehead atoms. The van der Waals surface area contributed by atoms with E-state index in [0.29, 0.717) is 49.3 Å². The van der Waals surface area contributed by atoms with E-state index in [1.807, 2.05) is 6.92 Å². The van der Waals surface area contributed by atoms with E-state index < -0.39 is 15.7 Å². The maximum atomic E-state index is 13.6. The minimum absolute atomic E-state index is 0.134. The predicted octanol–water partition coefficient (Wildman–Crippen LogP) is 2.10. The summed E-state index contributed by atoms with van der Waals surface area (Å²) in [6.45, 7) is 8.85. The molecular weight excluding hydrogens is 357 g/mol. The highest BCUT2D eigenvalue weighted by molar-refractivity contribution is 7.89. The molecule has 0 aliphatic rings. The number of nitrogens with zero attached hydrogens (tertiary/aromatic N) is 1. The number of benzene rings is 1. The highest BCUT2D eigenvalue weighted by Crippen LogP contribution is 2.15. The smallest absolute Gasteiger partial charge is 0.191 e. The Hall–Kier alpha value is -1.67. The molecule has 0 amide bonds. The lowest BCUT2D eigenvalue weighted by Gasteiger charge is -2.13. The first kappa shape index (κ1) is 22.4. The van der Waals surface area contributed by atoms with E-state index in [2.05, 4.69) is 29.5 Å². The Kier molecular flexibility index (Phi) is 9.58. The van der Waals surface area contributed by atoms with E-state index in [1.165, 1.54) is 18.2 Å². The second kappa shape index (κ2) is 11.1. The second-order valence-corrected chi connectivity index (χ2v) is 8.71. The number of guanidine groups is 1. The van der Waals surface area contributed by atoms with E-state index in [0.717, 1.165) is 6.26 Å². The Bertz CT molecular complexity index is 691. The number of sulfone groups is 1. The third-order valence-corrected chi connectivity index (χ3v) is 4.16. The van der Waals surface area contributed by atoms with E-state index in [4.69, 9.17) is 4.74 Å². The van der Waals surface area contributed by atoms with Crippen LogP contribution in [-0.4, -0.2) is 46.9 Å². The molecule has 6 nitrogen and oxygen atoms in total. The van der Waals surface area contributed by atoms with Gasteiger partial charge >= 0.3 is 0 Å². The van der Waals surface area contributed by atoms with Crippen molar-refractivity contribution in [3.8, 4) is 0 Å². The molecule has 0 aliphatic carbocycles. The molecule has 0 spiro atoms. The maximum Gasteiger partial charge on any atom is 0.191 e. The average molecular weight is 388 g/mol. The Morgan fingerprint density at radius 1 is 1.27 bits per heavy atom. The van der Waals surface area contributed by atoms with Crippen LogP contribution in [-0.2, 0) is 26.9 Å². The molecule has 0 atom stereocenters. The van der Waals surface area contributed by atoms with Crippen LogP contribution in [0.2, 0.25) is 0 Å². The maximum absolute atomic E-state index is 13.6. The molecule has 26 heavy (non-hydrogen) atoms. The summed E-state index contributed by atoms with van der Waals surface area (Å²) < 4.78 is 42.2. The van der Waals surface area contributed by atoms with Crippen LogP contribution in [0.4, 0.5) is 4.39 Å². The van der Waals surface area contributed by atoms with Gasteiger partial charge in [0.2, 0.25) is 0 Å². The molecule has 8 heteroatoms. The molecule has 0 aliphatic heterocycles. The number of nitrogens with one attached hydrogen (secondary N) is 2. The van der Waals surface area contributed by atoms with Crippen molar-refractivity contribution in [1.82, 2.24) is 10.6 Å². The van der Waals surface area contributed by atoms with Gasteiger partial charge in [-0.25, -0.2) is 17.8 Å². The van der Waals surface area contributed by atoms with E-state index in [9.17, 15) is 12.8 Å². The third-order valence-electron chi connectivity index (χ3n) is 3.33. The molecule has 0 saturated carbocycles. The Morgan fingerprint density at radius 3 is 2.62 bits per heavy atom. The molecule has 1 aromatic rings. The molecule has 0 unspecified atom stereocenters. The first-order chi connectivity index (χ1) is 12.2. The standard InChI is InChI=1S/C18H30FN3O3S/c1-5-20-18(21-8-9-25-12-14(2)3)22-11-16-10-17(19)7-6-15(16)13-26(4,23)24/h6-7,10,14H,5,8-9,11-13H2,1-4H3,(H2,20,21,22). The van der Waals surface area contributed by atoms with Gasteiger partial charge in [-0.1, -0.05) is 19.9 Å². The summed E-state index contributed by atoms with van der Waals surface area (Å²) in [4.78, 5) is 4.43. The van der Waals surface area contributed by atoms with Gasteiger partial charge in [0.15, 0.2) is 15.8 Å². The van der Waals surface area contributed by atoms with Crippen LogP contribution in [0.25, 0.3) is 0 Å². The molecule has 0 radical (unpaired) electrons. The van der Waals surface area contributed by atoms with E-state index in [1.54, 1.807) is 0 Å². The minimum Gasteiger partial charge on any atom is -0.379 e. The van der Waals surface area contributed by atoms with Gasteiger partial charge in [0.05, 0.1) is 18.9 Å². The van der Waals surface area contributed by atoms with Gasteiger partial charge in [-0.05, 0) is 36.1 Å². The summed E-state index contributed by atoms with van der Waals surface area (Å²) >= 11 is 0. The second-order valence-electron chi connectivity index (χ2n) is 6.57. The number of rotatable bonds is 10. The van der Waals surface area contributed by atoms with Crippen LogP contribution in [0.15, 0.2) is 23.2 Å². The Balaban J connectivity index is 2.74. The van der Waals surface area contributed by atoms with Gasteiger partial charge in [-0.3, -0.25) is 0 Å². The number of aliphatic imine (C=N–C) groups is 1. The lowest BCUT2D eigenvalue weighted by atomic mass is 10.1. The van der Waals surface area contributed by atoms with Crippen molar-refractivity contribution in [3.63, 3.8) is 0 Å². The first-order valence-electron chi connectivity index (χ1n) is 8.76. The third kappa shape index (κ3) is 9.72. The molecule has 0 saturated heterocycles. The molecule has 0 fully saturated rings. The van der Waals surface area contributed by atoms with Crippen molar-refractivity contribution in [2.45, 2.75) is 33.1 Å². The fraction of sp³-hybridized carbons (Fsp3) is 0.611. The van der Waals surface area contributed by atoms with Gasteiger partial charge in [0.25, 0.3) is 0 Å². The molecule has 1 rings (SSSR count). The van der Waals surface area contributed by atoms with E-state index in [-0.39, 0.29) is 12.3 Å². The molecule has 148 valence electrons. The van der Waals surface area contributed by atoms with Crippen LogP contribution in [0.5, 0.6) is 0 Å². The lowest BCUT2D eigenvalue weighted by molar-refractivity contribution is 0.114. The molecule has 0 aromatic heterocycles. The van der Waals surface area contributed by atoms with Crippen LogP contribution < -0.4 is 10.6 Å². The summed E-state index contributed by atoms with van der Waals surface area (Å²) in [5.74, 6) is 0.520.